The fraction of sp³-hybridized carbons (Fsp3) is 0.875. The number of carbonyl (C=O) groups is 2. The van der Waals surface area contributed by atoms with Crippen LogP contribution in [0.5, 0.6) is 0 Å². The van der Waals surface area contributed by atoms with Crippen molar-refractivity contribution in [3.63, 3.8) is 0 Å². The second kappa shape index (κ2) is 8.84. The normalized spacial score (nSPS) is 21.5. The van der Waals surface area contributed by atoms with Gasteiger partial charge < -0.3 is 15.5 Å². The lowest BCUT2D eigenvalue weighted by molar-refractivity contribution is -0.133. The average molecular weight is 375 g/mol. The number of nitrogens with zero attached hydrogens (tertiary/aromatic N) is 2. The second-order valence-electron chi connectivity index (χ2n) is 7.22. The van der Waals surface area contributed by atoms with Gasteiger partial charge in [0, 0.05) is 45.2 Å². The van der Waals surface area contributed by atoms with E-state index in [9.17, 15) is 18.0 Å². The summed E-state index contributed by atoms with van der Waals surface area (Å²) in [4.78, 5) is 25.8. The van der Waals surface area contributed by atoms with Gasteiger partial charge in [-0.05, 0) is 25.2 Å². The Morgan fingerprint density at radius 1 is 1.16 bits per heavy atom. The molecule has 0 aromatic heterocycles. The summed E-state index contributed by atoms with van der Waals surface area (Å²) in [5, 5.41) is 5.63. The summed E-state index contributed by atoms with van der Waals surface area (Å²) in [6.07, 6.45) is 2.72. The largest absolute Gasteiger partial charge is 0.343 e. The summed E-state index contributed by atoms with van der Waals surface area (Å²) >= 11 is 0. The van der Waals surface area contributed by atoms with Gasteiger partial charge in [0.2, 0.25) is 15.9 Å². The highest BCUT2D eigenvalue weighted by Crippen LogP contribution is 2.14. The van der Waals surface area contributed by atoms with Crippen molar-refractivity contribution in [1.82, 2.24) is 19.8 Å². The lowest BCUT2D eigenvalue weighted by atomic mass is 10.0. The Hall–Kier alpha value is -1.35. The summed E-state index contributed by atoms with van der Waals surface area (Å²) in [5.41, 5.74) is 0. The first-order valence-electron chi connectivity index (χ1n) is 9.08. The Labute approximate surface area is 150 Å². The maximum atomic E-state index is 12.0. The third kappa shape index (κ3) is 6.14. The smallest absolute Gasteiger partial charge is 0.315 e. The molecule has 2 N–H and O–H groups in total. The molecule has 2 aliphatic heterocycles. The number of nitrogens with one attached hydrogen (secondary N) is 2. The second-order valence-corrected chi connectivity index (χ2v) is 9.31. The fourth-order valence-electron chi connectivity index (χ4n) is 3.22. The number of urea groups is 1. The van der Waals surface area contributed by atoms with Crippen LogP contribution in [0.2, 0.25) is 0 Å². The van der Waals surface area contributed by atoms with Crippen molar-refractivity contribution in [3.8, 4) is 0 Å². The van der Waals surface area contributed by atoms with Crippen molar-refractivity contribution >= 4 is 22.0 Å². The molecule has 144 valence electrons. The van der Waals surface area contributed by atoms with E-state index in [-0.39, 0.29) is 23.7 Å². The molecule has 9 heteroatoms. The summed E-state index contributed by atoms with van der Waals surface area (Å²) in [5.74, 6) is 0.742. The van der Waals surface area contributed by atoms with E-state index < -0.39 is 10.0 Å². The van der Waals surface area contributed by atoms with Crippen molar-refractivity contribution in [2.75, 3.05) is 38.5 Å². The first kappa shape index (κ1) is 20.0. The molecule has 2 saturated heterocycles. The predicted octanol–water partition coefficient (Wildman–Crippen LogP) is 0.358. The van der Waals surface area contributed by atoms with Crippen LogP contribution in [-0.2, 0) is 14.8 Å². The van der Waals surface area contributed by atoms with E-state index in [0.29, 0.717) is 51.5 Å². The van der Waals surface area contributed by atoms with Crippen LogP contribution >= 0.6 is 0 Å². The highest BCUT2D eigenvalue weighted by atomic mass is 32.2. The van der Waals surface area contributed by atoms with E-state index >= 15 is 0 Å². The fourth-order valence-corrected chi connectivity index (χ4v) is 4.75. The van der Waals surface area contributed by atoms with Crippen LogP contribution in [0.15, 0.2) is 0 Å². The number of amides is 3. The van der Waals surface area contributed by atoms with Gasteiger partial charge in [-0.2, -0.15) is 0 Å². The number of likely N-dealkylation sites (tertiary alicyclic amines) is 1. The van der Waals surface area contributed by atoms with Gasteiger partial charge in [0.15, 0.2) is 0 Å². The highest BCUT2D eigenvalue weighted by molar-refractivity contribution is 7.89. The maximum Gasteiger partial charge on any atom is 0.315 e. The first-order chi connectivity index (χ1) is 11.8. The Bertz CT molecular complexity index is 571. The van der Waals surface area contributed by atoms with E-state index in [0.717, 1.165) is 12.8 Å². The van der Waals surface area contributed by atoms with Gasteiger partial charge >= 0.3 is 6.03 Å². The molecule has 2 heterocycles. The zero-order chi connectivity index (χ0) is 18.4. The van der Waals surface area contributed by atoms with Gasteiger partial charge in [0.05, 0.1) is 5.75 Å². The monoisotopic (exact) mass is 374 g/mol. The summed E-state index contributed by atoms with van der Waals surface area (Å²) < 4.78 is 24.8. The van der Waals surface area contributed by atoms with Crippen molar-refractivity contribution in [1.29, 1.82) is 0 Å². The van der Waals surface area contributed by atoms with Gasteiger partial charge in [0.25, 0.3) is 0 Å². The molecular weight excluding hydrogens is 344 g/mol. The van der Waals surface area contributed by atoms with Crippen LogP contribution in [0.3, 0.4) is 0 Å². The minimum atomic E-state index is -3.11. The third-order valence-electron chi connectivity index (χ3n) is 4.62. The zero-order valence-corrected chi connectivity index (χ0v) is 16.0. The molecule has 3 amide bonds. The lowest BCUT2D eigenvalue weighted by Gasteiger charge is -2.32. The van der Waals surface area contributed by atoms with Crippen LogP contribution in [0.1, 0.15) is 39.5 Å². The Balaban J connectivity index is 1.63. The molecule has 2 rings (SSSR count). The topological polar surface area (TPSA) is 98.8 Å². The number of hydrogen-bond acceptors (Lipinski definition) is 4. The van der Waals surface area contributed by atoms with Crippen molar-refractivity contribution < 1.29 is 18.0 Å². The molecule has 0 spiro atoms. The van der Waals surface area contributed by atoms with E-state index in [2.05, 4.69) is 10.6 Å². The minimum Gasteiger partial charge on any atom is -0.343 e. The lowest BCUT2D eigenvalue weighted by Crippen LogP contribution is -2.50. The number of piperidine rings is 1. The Morgan fingerprint density at radius 3 is 2.40 bits per heavy atom. The van der Waals surface area contributed by atoms with Crippen LogP contribution in [0.4, 0.5) is 4.79 Å². The van der Waals surface area contributed by atoms with Crippen LogP contribution < -0.4 is 10.6 Å². The molecule has 8 nitrogen and oxygen atoms in total. The maximum absolute atomic E-state index is 12.0. The third-order valence-corrected chi connectivity index (χ3v) is 6.57. The molecule has 25 heavy (non-hydrogen) atoms. The molecule has 0 aliphatic carbocycles. The van der Waals surface area contributed by atoms with E-state index in [4.69, 9.17) is 0 Å². The van der Waals surface area contributed by atoms with E-state index in [1.807, 2.05) is 18.7 Å². The van der Waals surface area contributed by atoms with Gasteiger partial charge in [-0.25, -0.2) is 17.5 Å². The highest BCUT2D eigenvalue weighted by Gasteiger charge is 2.28. The van der Waals surface area contributed by atoms with Gasteiger partial charge in [0.1, 0.15) is 0 Å². The minimum absolute atomic E-state index is 0.0543. The predicted molar refractivity (Wildman–Crippen MR) is 95.6 cm³/mol. The number of rotatable bonds is 6. The molecule has 2 aliphatic rings. The molecular formula is C16H30N4O4S. The number of hydrogen-bond donors (Lipinski definition) is 2. The molecule has 0 aromatic rings. The van der Waals surface area contributed by atoms with Crippen LogP contribution in [0, 0.1) is 5.92 Å². The van der Waals surface area contributed by atoms with Gasteiger partial charge in [-0.3, -0.25) is 4.79 Å². The van der Waals surface area contributed by atoms with E-state index in [1.54, 1.807) is 0 Å². The molecule has 0 radical (unpaired) electrons. The molecule has 0 atom stereocenters. The first-order valence-corrected chi connectivity index (χ1v) is 10.7. The molecule has 0 bridgehead atoms. The number of carbonyl (C=O) groups excluding carboxylic acids is 2. The van der Waals surface area contributed by atoms with Crippen molar-refractivity contribution in [2.24, 2.45) is 5.92 Å². The number of sulfonamides is 1. The summed E-state index contributed by atoms with van der Waals surface area (Å²) in [6, 6.07) is -0.220. The molecule has 0 aromatic carbocycles. The zero-order valence-electron chi connectivity index (χ0n) is 15.2. The van der Waals surface area contributed by atoms with Crippen molar-refractivity contribution in [2.45, 2.75) is 45.6 Å². The Kier molecular flexibility index (Phi) is 7.06. The Morgan fingerprint density at radius 2 is 1.84 bits per heavy atom. The van der Waals surface area contributed by atoms with Crippen LogP contribution in [-0.4, -0.2) is 74.1 Å². The standard InChI is InChI=1S/C16H30N4O4S/c1-13(2)12-15(21)19-8-4-14(5-9-19)18-16(22)17-6-10-20-7-3-11-25(20,23)24/h13-14H,3-12H2,1-2H3,(H2,17,18,22). The van der Waals surface area contributed by atoms with Gasteiger partial charge in [-0.1, -0.05) is 13.8 Å². The summed E-state index contributed by atoms with van der Waals surface area (Å²) in [7, 11) is -3.11. The molecule has 2 fully saturated rings. The van der Waals surface area contributed by atoms with E-state index in [1.165, 1.54) is 4.31 Å². The van der Waals surface area contributed by atoms with Gasteiger partial charge in [-0.15, -0.1) is 0 Å². The quantitative estimate of drug-likeness (QED) is 0.701. The molecule has 0 saturated carbocycles. The SMILES string of the molecule is CC(C)CC(=O)N1CCC(NC(=O)NCCN2CCCS2(=O)=O)CC1. The van der Waals surface area contributed by atoms with Crippen LogP contribution in [0.25, 0.3) is 0 Å². The summed E-state index contributed by atoms with van der Waals surface area (Å²) in [6.45, 7) is 6.56. The van der Waals surface area contributed by atoms with Crippen molar-refractivity contribution in [3.05, 3.63) is 0 Å². The average Bonchev–Trinajstić information content (AvgIpc) is 2.86. The molecule has 0 unspecified atom stereocenters.